The monoisotopic (exact) mass is 294 g/mol. The number of nitrogens with one attached hydrogen (secondary N) is 1. The number of nitrogens with two attached hydrogens (primary N) is 1. The number of aryl methyl sites for hydroxylation is 1. The normalized spacial score (nSPS) is 11.3. The van der Waals surface area contributed by atoms with Gasteiger partial charge in [0.25, 0.3) is 0 Å². The average Bonchev–Trinajstić information content (AvgIpc) is 2.48. The van der Waals surface area contributed by atoms with Crippen LogP contribution < -0.4 is 11.1 Å². The highest BCUT2D eigenvalue weighted by Gasteiger charge is 2.25. The molecule has 3 nitrogen and oxygen atoms in total. The summed E-state index contributed by atoms with van der Waals surface area (Å²) in [7, 11) is 0. The standard InChI is InChI=1S/C16H26N2OS/c1-4-16(5-2,20-3)12-18-15(19)11-10-13-8-6-7-9-14(13)17/h6-9H,4-5,10-12,17H2,1-3H3,(H,18,19). The molecule has 1 amide bonds. The van der Waals surface area contributed by atoms with Crippen molar-refractivity contribution >= 4 is 23.4 Å². The van der Waals surface area contributed by atoms with E-state index in [0.717, 1.165) is 30.6 Å². The first-order valence-corrected chi connectivity index (χ1v) is 8.44. The second-order valence-electron chi connectivity index (χ2n) is 5.07. The van der Waals surface area contributed by atoms with E-state index < -0.39 is 0 Å². The summed E-state index contributed by atoms with van der Waals surface area (Å²) in [6, 6.07) is 7.72. The Kier molecular flexibility index (Phi) is 6.93. The van der Waals surface area contributed by atoms with Crippen molar-refractivity contribution in [3.05, 3.63) is 29.8 Å². The Bertz CT molecular complexity index is 422. The number of rotatable bonds is 8. The first-order valence-electron chi connectivity index (χ1n) is 7.22. The molecule has 20 heavy (non-hydrogen) atoms. The van der Waals surface area contributed by atoms with Crippen LogP contribution >= 0.6 is 11.8 Å². The van der Waals surface area contributed by atoms with Gasteiger partial charge in [-0.1, -0.05) is 32.0 Å². The Morgan fingerprint density at radius 2 is 1.95 bits per heavy atom. The van der Waals surface area contributed by atoms with Gasteiger partial charge in [-0.3, -0.25) is 4.79 Å². The van der Waals surface area contributed by atoms with Gasteiger partial charge >= 0.3 is 0 Å². The summed E-state index contributed by atoms with van der Waals surface area (Å²) in [5, 5.41) is 3.07. The molecular formula is C16H26N2OS. The summed E-state index contributed by atoms with van der Waals surface area (Å²) in [4.78, 5) is 12.0. The van der Waals surface area contributed by atoms with Gasteiger partial charge in [-0.15, -0.1) is 0 Å². The van der Waals surface area contributed by atoms with Gasteiger partial charge in [0.15, 0.2) is 0 Å². The molecule has 0 saturated carbocycles. The highest BCUT2D eigenvalue weighted by molar-refractivity contribution is 8.00. The van der Waals surface area contributed by atoms with Gasteiger partial charge in [0, 0.05) is 23.4 Å². The molecule has 0 saturated heterocycles. The molecule has 0 fully saturated rings. The van der Waals surface area contributed by atoms with Crippen molar-refractivity contribution < 1.29 is 4.79 Å². The van der Waals surface area contributed by atoms with Crippen LogP contribution in [0, 0.1) is 0 Å². The smallest absolute Gasteiger partial charge is 0.220 e. The summed E-state index contributed by atoms with van der Waals surface area (Å²) in [6.07, 6.45) is 5.44. The fourth-order valence-electron chi connectivity index (χ4n) is 2.22. The Morgan fingerprint density at radius 1 is 1.30 bits per heavy atom. The van der Waals surface area contributed by atoms with Gasteiger partial charge in [0.1, 0.15) is 0 Å². The van der Waals surface area contributed by atoms with Crippen LogP contribution in [0.2, 0.25) is 0 Å². The number of thioether (sulfide) groups is 1. The van der Waals surface area contributed by atoms with Crippen LogP contribution in [-0.4, -0.2) is 23.5 Å². The van der Waals surface area contributed by atoms with Crippen LogP contribution in [0.4, 0.5) is 5.69 Å². The van der Waals surface area contributed by atoms with Crippen LogP contribution in [-0.2, 0) is 11.2 Å². The number of anilines is 1. The number of nitrogen functional groups attached to an aromatic ring is 1. The second-order valence-corrected chi connectivity index (χ2v) is 6.34. The highest BCUT2D eigenvalue weighted by Crippen LogP contribution is 2.29. The topological polar surface area (TPSA) is 55.1 Å². The average molecular weight is 294 g/mol. The lowest BCUT2D eigenvalue weighted by Gasteiger charge is -2.29. The van der Waals surface area contributed by atoms with Gasteiger partial charge in [-0.25, -0.2) is 0 Å². The highest BCUT2D eigenvalue weighted by atomic mass is 32.2. The van der Waals surface area contributed by atoms with Crippen molar-refractivity contribution in [2.24, 2.45) is 0 Å². The van der Waals surface area contributed by atoms with Crippen molar-refractivity contribution in [3.63, 3.8) is 0 Å². The molecule has 0 atom stereocenters. The van der Waals surface area contributed by atoms with E-state index >= 15 is 0 Å². The molecule has 1 rings (SSSR count). The van der Waals surface area contributed by atoms with Crippen molar-refractivity contribution in [2.45, 2.75) is 44.3 Å². The minimum absolute atomic E-state index is 0.105. The zero-order valence-electron chi connectivity index (χ0n) is 12.7. The van der Waals surface area contributed by atoms with E-state index in [1.807, 2.05) is 36.0 Å². The molecule has 0 spiro atoms. The Morgan fingerprint density at radius 3 is 2.50 bits per heavy atom. The Labute approximate surface area is 126 Å². The maximum atomic E-state index is 12.0. The molecule has 0 aliphatic carbocycles. The molecule has 0 radical (unpaired) electrons. The molecule has 0 aromatic heterocycles. The van der Waals surface area contributed by atoms with E-state index in [4.69, 9.17) is 5.73 Å². The van der Waals surface area contributed by atoms with Crippen LogP contribution in [0.5, 0.6) is 0 Å². The summed E-state index contributed by atoms with van der Waals surface area (Å²) in [6.45, 7) is 5.10. The largest absolute Gasteiger partial charge is 0.399 e. The minimum atomic E-state index is 0.105. The van der Waals surface area contributed by atoms with Crippen LogP contribution in [0.15, 0.2) is 24.3 Å². The number of hydrogen-bond acceptors (Lipinski definition) is 3. The van der Waals surface area contributed by atoms with Crippen molar-refractivity contribution in [2.75, 3.05) is 18.5 Å². The fourth-order valence-corrected chi connectivity index (χ4v) is 3.01. The fraction of sp³-hybridized carbons (Fsp3) is 0.562. The van der Waals surface area contributed by atoms with E-state index in [-0.39, 0.29) is 10.7 Å². The van der Waals surface area contributed by atoms with Crippen molar-refractivity contribution in [1.82, 2.24) is 5.32 Å². The van der Waals surface area contributed by atoms with Crippen molar-refractivity contribution in [3.8, 4) is 0 Å². The van der Waals surface area contributed by atoms with E-state index in [0.29, 0.717) is 12.8 Å². The maximum Gasteiger partial charge on any atom is 0.220 e. The van der Waals surface area contributed by atoms with E-state index in [1.54, 1.807) is 0 Å². The summed E-state index contributed by atoms with van der Waals surface area (Å²) in [5.74, 6) is 0.105. The molecular weight excluding hydrogens is 268 g/mol. The zero-order valence-corrected chi connectivity index (χ0v) is 13.6. The number of carbonyl (C=O) groups is 1. The number of amides is 1. The predicted molar refractivity (Wildman–Crippen MR) is 89.0 cm³/mol. The van der Waals surface area contributed by atoms with Crippen LogP contribution in [0.25, 0.3) is 0 Å². The summed E-state index contributed by atoms with van der Waals surface area (Å²) < 4.78 is 0.168. The van der Waals surface area contributed by atoms with Gasteiger partial charge in [0.05, 0.1) is 0 Å². The third-order valence-electron chi connectivity index (χ3n) is 4.01. The van der Waals surface area contributed by atoms with Crippen LogP contribution in [0.1, 0.15) is 38.7 Å². The van der Waals surface area contributed by atoms with Gasteiger partial charge in [0.2, 0.25) is 5.91 Å². The molecule has 0 bridgehead atoms. The molecule has 0 heterocycles. The quantitative estimate of drug-likeness (QED) is 0.724. The Balaban J connectivity index is 2.43. The summed E-state index contributed by atoms with van der Waals surface area (Å²) in [5.41, 5.74) is 7.69. The SMILES string of the molecule is CCC(CC)(CNC(=O)CCc1ccccc1N)SC. The lowest BCUT2D eigenvalue weighted by molar-refractivity contribution is -0.121. The van der Waals surface area contributed by atoms with Crippen LogP contribution in [0.3, 0.4) is 0 Å². The van der Waals surface area contributed by atoms with E-state index in [9.17, 15) is 4.79 Å². The first kappa shape index (κ1) is 16.9. The first-order chi connectivity index (χ1) is 9.56. The number of para-hydroxylation sites is 1. The third-order valence-corrected chi connectivity index (χ3v) is 5.59. The maximum absolute atomic E-state index is 12.0. The molecule has 0 aliphatic rings. The van der Waals surface area contributed by atoms with Gasteiger partial charge in [-0.05, 0) is 37.1 Å². The molecule has 0 unspecified atom stereocenters. The summed E-state index contributed by atoms with van der Waals surface area (Å²) >= 11 is 1.84. The molecule has 3 N–H and O–H groups in total. The second kappa shape index (κ2) is 8.20. The number of hydrogen-bond donors (Lipinski definition) is 2. The lowest BCUT2D eigenvalue weighted by atomic mass is 10.0. The van der Waals surface area contributed by atoms with E-state index in [1.165, 1.54) is 0 Å². The van der Waals surface area contributed by atoms with E-state index in [2.05, 4.69) is 25.4 Å². The molecule has 4 heteroatoms. The minimum Gasteiger partial charge on any atom is -0.399 e. The molecule has 0 aliphatic heterocycles. The number of benzene rings is 1. The lowest BCUT2D eigenvalue weighted by Crippen LogP contribution is -2.39. The molecule has 1 aromatic rings. The number of carbonyl (C=O) groups excluding carboxylic acids is 1. The third kappa shape index (κ3) is 4.75. The van der Waals surface area contributed by atoms with Gasteiger partial charge in [-0.2, -0.15) is 11.8 Å². The Hall–Kier alpha value is -1.16. The molecule has 1 aromatic carbocycles. The predicted octanol–water partition coefficient (Wildman–Crippen LogP) is 3.24. The van der Waals surface area contributed by atoms with Crippen molar-refractivity contribution in [1.29, 1.82) is 0 Å². The zero-order chi connectivity index (χ0) is 15.0. The molecule has 112 valence electrons. The van der Waals surface area contributed by atoms with Gasteiger partial charge < -0.3 is 11.1 Å².